The molecule has 6 heteroatoms. The van der Waals surface area contributed by atoms with Gasteiger partial charge in [-0.15, -0.1) is 0 Å². The van der Waals surface area contributed by atoms with Gasteiger partial charge in [-0.05, 0) is 11.6 Å². The van der Waals surface area contributed by atoms with E-state index >= 15 is 0 Å². The number of para-hydroxylation sites is 1. The largest absolute Gasteiger partial charge is 0.481 e. The molecule has 0 bridgehead atoms. The van der Waals surface area contributed by atoms with Gasteiger partial charge < -0.3 is 10.4 Å². The predicted octanol–water partition coefficient (Wildman–Crippen LogP) is 2.52. The Morgan fingerprint density at radius 3 is 2.50 bits per heavy atom. The third kappa shape index (κ3) is 3.12. The van der Waals surface area contributed by atoms with Gasteiger partial charge in [-0.25, -0.2) is 0 Å². The number of hydrogen-bond acceptors (Lipinski definition) is 3. The normalized spacial score (nSPS) is 12.0. The molecule has 0 fully saturated rings. The van der Waals surface area contributed by atoms with E-state index in [-0.39, 0.29) is 12.3 Å². The number of aliphatic carboxylic acids is 1. The minimum Gasteiger partial charge on any atom is -0.481 e. The summed E-state index contributed by atoms with van der Waals surface area (Å²) in [6.45, 7) is 0. The minimum atomic E-state index is -0.977. The van der Waals surface area contributed by atoms with Gasteiger partial charge in [0.15, 0.2) is 5.69 Å². The molecule has 3 rings (SSSR count). The summed E-state index contributed by atoms with van der Waals surface area (Å²) in [5, 5.41) is 16.9. The Morgan fingerprint density at radius 1 is 1.12 bits per heavy atom. The summed E-state index contributed by atoms with van der Waals surface area (Å²) in [5.41, 5.74) is 1.88. The molecule has 0 saturated heterocycles. The minimum absolute atomic E-state index is 0.194. The fourth-order valence-electron chi connectivity index (χ4n) is 2.72. The first-order valence-electron chi connectivity index (χ1n) is 7.55. The van der Waals surface area contributed by atoms with Crippen LogP contribution in [0.25, 0.3) is 10.9 Å². The molecule has 0 spiro atoms. The molecule has 0 aliphatic heterocycles. The van der Waals surface area contributed by atoms with Crippen LogP contribution in [0.4, 0.5) is 0 Å². The number of aryl methyl sites for hydroxylation is 1. The molecular formula is C18H17N3O3. The zero-order valence-electron chi connectivity index (χ0n) is 13.1. The molecule has 1 heterocycles. The third-order valence-corrected chi connectivity index (χ3v) is 3.86. The van der Waals surface area contributed by atoms with Crippen LogP contribution >= 0.6 is 0 Å². The maximum absolute atomic E-state index is 12.7. The number of carboxylic acid groups (broad SMARTS) is 1. The highest BCUT2D eigenvalue weighted by Gasteiger charge is 2.22. The molecule has 3 aromatic rings. The molecule has 2 N–H and O–H groups in total. The van der Waals surface area contributed by atoms with Crippen LogP contribution < -0.4 is 5.32 Å². The number of amides is 1. The van der Waals surface area contributed by atoms with Crippen LogP contribution in [0.15, 0.2) is 54.6 Å². The van der Waals surface area contributed by atoms with Crippen molar-refractivity contribution in [2.75, 3.05) is 0 Å². The zero-order chi connectivity index (χ0) is 17.1. The van der Waals surface area contributed by atoms with Gasteiger partial charge in [-0.2, -0.15) is 5.10 Å². The van der Waals surface area contributed by atoms with Gasteiger partial charge in [0, 0.05) is 12.4 Å². The van der Waals surface area contributed by atoms with Crippen molar-refractivity contribution in [1.82, 2.24) is 15.1 Å². The molecular weight excluding hydrogens is 306 g/mol. The van der Waals surface area contributed by atoms with E-state index in [1.807, 2.05) is 42.5 Å². The van der Waals surface area contributed by atoms with Gasteiger partial charge >= 0.3 is 5.97 Å². The lowest BCUT2D eigenvalue weighted by molar-refractivity contribution is -0.137. The number of nitrogens with one attached hydrogen (secondary N) is 1. The Bertz CT molecular complexity index is 887. The molecule has 0 radical (unpaired) electrons. The lowest BCUT2D eigenvalue weighted by Crippen LogP contribution is -2.30. The second-order valence-corrected chi connectivity index (χ2v) is 5.52. The van der Waals surface area contributed by atoms with Gasteiger partial charge in [0.05, 0.1) is 18.0 Å². The summed E-state index contributed by atoms with van der Waals surface area (Å²) in [5.74, 6) is -1.36. The van der Waals surface area contributed by atoms with Crippen molar-refractivity contribution in [3.8, 4) is 0 Å². The SMILES string of the molecule is Cn1nc(C(=O)N[C@@H](CC(=O)O)c2ccccc2)c2ccccc21. The zero-order valence-corrected chi connectivity index (χ0v) is 13.1. The van der Waals surface area contributed by atoms with Crippen molar-refractivity contribution in [3.05, 3.63) is 65.9 Å². The van der Waals surface area contributed by atoms with E-state index in [9.17, 15) is 9.59 Å². The van der Waals surface area contributed by atoms with Gasteiger partial charge in [0.25, 0.3) is 5.91 Å². The number of nitrogens with zero attached hydrogens (tertiary/aromatic N) is 2. The summed E-state index contributed by atoms with van der Waals surface area (Å²) in [7, 11) is 1.77. The third-order valence-electron chi connectivity index (χ3n) is 3.86. The Hall–Kier alpha value is -3.15. The number of carboxylic acids is 1. The maximum atomic E-state index is 12.7. The molecule has 1 amide bonds. The molecule has 122 valence electrons. The van der Waals surface area contributed by atoms with Crippen LogP contribution in [-0.2, 0) is 11.8 Å². The highest BCUT2D eigenvalue weighted by Crippen LogP contribution is 2.21. The number of benzene rings is 2. The van der Waals surface area contributed by atoms with E-state index in [0.29, 0.717) is 5.69 Å². The second-order valence-electron chi connectivity index (χ2n) is 5.52. The van der Waals surface area contributed by atoms with Crippen LogP contribution in [0.1, 0.15) is 28.5 Å². The summed E-state index contributed by atoms with van der Waals surface area (Å²) in [6.07, 6.45) is -0.194. The van der Waals surface area contributed by atoms with Crippen LogP contribution in [0.5, 0.6) is 0 Å². The van der Waals surface area contributed by atoms with Crippen molar-refractivity contribution in [1.29, 1.82) is 0 Å². The van der Waals surface area contributed by atoms with E-state index in [1.54, 1.807) is 23.9 Å². The van der Waals surface area contributed by atoms with E-state index in [1.165, 1.54) is 0 Å². The second kappa shape index (κ2) is 6.54. The number of hydrogen-bond donors (Lipinski definition) is 2. The molecule has 1 aromatic heterocycles. The molecule has 2 aromatic carbocycles. The van der Waals surface area contributed by atoms with Crippen LogP contribution in [0.3, 0.4) is 0 Å². The van der Waals surface area contributed by atoms with Crippen molar-refractivity contribution in [2.45, 2.75) is 12.5 Å². The standard InChI is InChI=1S/C18H17N3O3/c1-21-15-10-6-5-9-13(15)17(20-21)18(24)19-14(11-16(22)23)12-7-3-2-4-8-12/h2-10,14H,11H2,1H3,(H,19,24)(H,22,23)/t14-/m0/s1. The lowest BCUT2D eigenvalue weighted by atomic mass is 10.0. The average molecular weight is 323 g/mol. The number of fused-ring (bicyclic) bond motifs is 1. The average Bonchev–Trinajstić information content (AvgIpc) is 2.92. The Balaban J connectivity index is 1.91. The highest BCUT2D eigenvalue weighted by atomic mass is 16.4. The van der Waals surface area contributed by atoms with Crippen LogP contribution in [0, 0.1) is 0 Å². The van der Waals surface area contributed by atoms with Crippen molar-refractivity contribution >= 4 is 22.8 Å². The fourth-order valence-corrected chi connectivity index (χ4v) is 2.72. The summed E-state index contributed by atoms with van der Waals surface area (Å²) in [4.78, 5) is 23.8. The topological polar surface area (TPSA) is 84.2 Å². The first-order chi connectivity index (χ1) is 11.6. The Kier molecular flexibility index (Phi) is 4.29. The molecule has 24 heavy (non-hydrogen) atoms. The van der Waals surface area contributed by atoms with E-state index in [0.717, 1.165) is 16.5 Å². The summed E-state index contributed by atoms with van der Waals surface area (Å²) in [6, 6.07) is 15.9. The predicted molar refractivity (Wildman–Crippen MR) is 89.6 cm³/mol. The lowest BCUT2D eigenvalue weighted by Gasteiger charge is -2.16. The Labute approximate surface area is 138 Å². The maximum Gasteiger partial charge on any atom is 0.305 e. The molecule has 0 aliphatic rings. The molecule has 0 saturated carbocycles. The van der Waals surface area contributed by atoms with Gasteiger partial charge in [0.1, 0.15) is 0 Å². The van der Waals surface area contributed by atoms with Gasteiger partial charge in [-0.1, -0.05) is 48.5 Å². The summed E-state index contributed by atoms with van der Waals surface area (Å²) >= 11 is 0. The van der Waals surface area contributed by atoms with E-state index in [4.69, 9.17) is 5.11 Å². The van der Waals surface area contributed by atoms with Crippen molar-refractivity contribution < 1.29 is 14.7 Å². The van der Waals surface area contributed by atoms with Crippen molar-refractivity contribution in [3.63, 3.8) is 0 Å². The number of aromatic nitrogens is 2. The van der Waals surface area contributed by atoms with Crippen LogP contribution in [-0.4, -0.2) is 26.8 Å². The first kappa shape index (κ1) is 15.7. The number of carbonyl (C=O) groups excluding carboxylic acids is 1. The van der Waals surface area contributed by atoms with Crippen LogP contribution in [0.2, 0.25) is 0 Å². The molecule has 0 unspecified atom stereocenters. The van der Waals surface area contributed by atoms with E-state index < -0.39 is 12.0 Å². The molecule has 0 aliphatic carbocycles. The van der Waals surface area contributed by atoms with Gasteiger partial charge in [0.2, 0.25) is 0 Å². The molecule has 1 atom stereocenters. The molecule has 6 nitrogen and oxygen atoms in total. The fraction of sp³-hybridized carbons (Fsp3) is 0.167. The first-order valence-corrected chi connectivity index (χ1v) is 7.55. The smallest absolute Gasteiger partial charge is 0.305 e. The summed E-state index contributed by atoms with van der Waals surface area (Å²) < 4.78 is 1.64. The number of rotatable bonds is 5. The Morgan fingerprint density at radius 2 is 1.79 bits per heavy atom. The number of carbonyl (C=O) groups is 2. The van der Waals surface area contributed by atoms with E-state index in [2.05, 4.69) is 10.4 Å². The van der Waals surface area contributed by atoms with Gasteiger partial charge in [-0.3, -0.25) is 14.3 Å². The highest BCUT2D eigenvalue weighted by molar-refractivity contribution is 6.05. The monoisotopic (exact) mass is 323 g/mol. The quantitative estimate of drug-likeness (QED) is 0.755. The van der Waals surface area contributed by atoms with Crippen molar-refractivity contribution in [2.24, 2.45) is 7.05 Å².